The second kappa shape index (κ2) is 5.23. The van der Waals surface area contributed by atoms with Crippen molar-refractivity contribution in [2.24, 2.45) is 0 Å². The van der Waals surface area contributed by atoms with Gasteiger partial charge >= 0.3 is 0 Å². The molecule has 1 aromatic carbocycles. The maximum atomic E-state index is 10.7. The molecule has 0 bridgehead atoms. The van der Waals surface area contributed by atoms with Gasteiger partial charge in [0.15, 0.2) is 0 Å². The zero-order valence-corrected chi connectivity index (χ0v) is 11.9. The van der Waals surface area contributed by atoms with Crippen LogP contribution >= 0.6 is 0 Å². The molecule has 1 saturated heterocycles. The van der Waals surface area contributed by atoms with Crippen molar-refractivity contribution in [3.05, 3.63) is 35.4 Å². The van der Waals surface area contributed by atoms with Crippen LogP contribution in [0, 0.1) is 0 Å². The van der Waals surface area contributed by atoms with E-state index >= 15 is 0 Å². The lowest BCUT2D eigenvalue weighted by atomic mass is 9.84. The molecule has 3 atom stereocenters. The van der Waals surface area contributed by atoms with Crippen LogP contribution in [0.4, 0.5) is 0 Å². The highest BCUT2D eigenvalue weighted by molar-refractivity contribution is 5.32. The van der Waals surface area contributed by atoms with Gasteiger partial charge in [-0.2, -0.15) is 0 Å². The van der Waals surface area contributed by atoms with Crippen LogP contribution in [0.25, 0.3) is 0 Å². The highest BCUT2D eigenvalue weighted by Gasteiger charge is 2.35. The van der Waals surface area contributed by atoms with Crippen molar-refractivity contribution in [1.29, 1.82) is 0 Å². The van der Waals surface area contributed by atoms with Crippen molar-refractivity contribution in [2.75, 3.05) is 26.7 Å². The Balaban J connectivity index is 1.80. The Morgan fingerprint density at radius 1 is 1.21 bits per heavy atom. The van der Waals surface area contributed by atoms with Crippen LogP contribution in [0.2, 0.25) is 0 Å². The standard InChI is InChI=1S/C16H24N2O/c1-12-11-17(2)9-10-18(12)15-8-7-13-5-3-4-6-14(13)16(15)19/h3-6,12,15-16,19H,7-11H2,1-2H3. The number of fused-ring (bicyclic) bond motifs is 1. The van der Waals surface area contributed by atoms with Crippen LogP contribution in [0.3, 0.4) is 0 Å². The topological polar surface area (TPSA) is 26.7 Å². The normalized spacial score (nSPS) is 33.1. The fourth-order valence-electron chi connectivity index (χ4n) is 3.71. The molecule has 1 fully saturated rings. The minimum atomic E-state index is -0.323. The molecule has 1 aromatic rings. The molecule has 2 aliphatic rings. The summed E-state index contributed by atoms with van der Waals surface area (Å²) >= 11 is 0. The van der Waals surface area contributed by atoms with Crippen molar-refractivity contribution in [3.63, 3.8) is 0 Å². The average molecular weight is 260 g/mol. The van der Waals surface area contributed by atoms with Crippen LogP contribution in [0.1, 0.15) is 30.6 Å². The van der Waals surface area contributed by atoms with Crippen LogP contribution < -0.4 is 0 Å². The number of likely N-dealkylation sites (N-methyl/N-ethyl adjacent to an activating group) is 1. The first-order chi connectivity index (χ1) is 9.16. The summed E-state index contributed by atoms with van der Waals surface area (Å²) in [6.45, 7) is 5.56. The Labute approximate surface area is 115 Å². The molecule has 3 rings (SSSR count). The van der Waals surface area contributed by atoms with Gasteiger partial charge in [-0.15, -0.1) is 0 Å². The molecule has 1 heterocycles. The van der Waals surface area contributed by atoms with Gasteiger partial charge in [0, 0.05) is 31.7 Å². The van der Waals surface area contributed by atoms with E-state index in [9.17, 15) is 5.11 Å². The first kappa shape index (κ1) is 13.1. The fraction of sp³-hybridized carbons (Fsp3) is 0.625. The van der Waals surface area contributed by atoms with E-state index in [4.69, 9.17) is 0 Å². The summed E-state index contributed by atoms with van der Waals surface area (Å²) in [7, 11) is 2.18. The molecule has 3 unspecified atom stereocenters. The molecule has 0 amide bonds. The van der Waals surface area contributed by atoms with Gasteiger partial charge in [-0.3, -0.25) is 4.90 Å². The maximum Gasteiger partial charge on any atom is 0.0948 e. The lowest BCUT2D eigenvalue weighted by Crippen LogP contribution is -2.56. The van der Waals surface area contributed by atoms with Crippen LogP contribution in [0.15, 0.2) is 24.3 Å². The molecule has 0 saturated carbocycles. The van der Waals surface area contributed by atoms with Crippen molar-refractivity contribution in [2.45, 2.75) is 38.0 Å². The molecule has 0 spiro atoms. The monoisotopic (exact) mass is 260 g/mol. The van der Waals surface area contributed by atoms with E-state index in [1.165, 1.54) is 5.56 Å². The minimum Gasteiger partial charge on any atom is -0.387 e. The lowest BCUT2D eigenvalue weighted by Gasteiger charge is -2.46. The Morgan fingerprint density at radius 2 is 2.00 bits per heavy atom. The van der Waals surface area contributed by atoms with Gasteiger partial charge in [-0.25, -0.2) is 0 Å². The molecule has 0 aromatic heterocycles. The highest BCUT2D eigenvalue weighted by Crippen LogP contribution is 2.34. The third kappa shape index (κ3) is 2.42. The van der Waals surface area contributed by atoms with E-state index in [2.05, 4.69) is 42.0 Å². The molecular weight excluding hydrogens is 236 g/mol. The van der Waals surface area contributed by atoms with Crippen molar-refractivity contribution >= 4 is 0 Å². The molecule has 19 heavy (non-hydrogen) atoms. The second-order valence-electron chi connectivity index (χ2n) is 6.10. The van der Waals surface area contributed by atoms with Crippen molar-refractivity contribution in [3.8, 4) is 0 Å². The molecule has 0 radical (unpaired) electrons. The van der Waals surface area contributed by atoms with E-state index in [1.54, 1.807) is 0 Å². The predicted octanol–water partition coefficient (Wildman–Crippen LogP) is 1.67. The number of rotatable bonds is 1. The number of hydrogen-bond donors (Lipinski definition) is 1. The van der Waals surface area contributed by atoms with Crippen LogP contribution in [-0.4, -0.2) is 53.7 Å². The molecule has 3 nitrogen and oxygen atoms in total. The van der Waals surface area contributed by atoms with Gasteiger partial charge in [-0.05, 0) is 37.9 Å². The molecule has 1 N–H and O–H groups in total. The van der Waals surface area contributed by atoms with E-state index in [1.807, 2.05) is 6.07 Å². The number of hydrogen-bond acceptors (Lipinski definition) is 3. The van der Waals surface area contributed by atoms with E-state index in [0.717, 1.165) is 38.0 Å². The lowest BCUT2D eigenvalue weighted by molar-refractivity contribution is -0.0144. The van der Waals surface area contributed by atoms with Crippen molar-refractivity contribution in [1.82, 2.24) is 9.80 Å². The van der Waals surface area contributed by atoms with Crippen LogP contribution in [-0.2, 0) is 6.42 Å². The summed E-state index contributed by atoms with van der Waals surface area (Å²) in [4.78, 5) is 4.89. The molecule has 1 aliphatic heterocycles. The minimum absolute atomic E-state index is 0.290. The summed E-state index contributed by atoms with van der Waals surface area (Å²) in [6, 6.07) is 9.18. The Morgan fingerprint density at radius 3 is 2.79 bits per heavy atom. The number of piperazine rings is 1. The summed E-state index contributed by atoms with van der Waals surface area (Å²) in [6.07, 6.45) is 1.85. The Kier molecular flexibility index (Phi) is 3.61. The van der Waals surface area contributed by atoms with E-state index in [0.29, 0.717) is 12.1 Å². The second-order valence-corrected chi connectivity index (χ2v) is 6.10. The molecular formula is C16H24N2O. The predicted molar refractivity (Wildman–Crippen MR) is 77.2 cm³/mol. The summed E-state index contributed by atoms with van der Waals surface area (Å²) in [5.74, 6) is 0. The maximum absolute atomic E-state index is 10.7. The summed E-state index contributed by atoms with van der Waals surface area (Å²) in [5, 5.41) is 10.7. The summed E-state index contributed by atoms with van der Waals surface area (Å²) in [5.41, 5.74) is 2.47. The Hall–Kier alpha value is -0.900. The smallest absolute Gasteiger partial charge is 0.0948 e. The quantitative estimate of drug-likeness (QED) is 0.832. The number of benzene rings is 1. The molecule has 1 aliphatic carbocycles. The van der Waals surface area contributed by atoms with Gasteiger partial charge in [0.05, 0.1) is 6.10 Å². The zero-order valence-electron chi connectivity index (χ0n) is 11.9. The van der Waals surface area contributed by atoms with Gasteiger partial charge in [-0.1, -0.05) is 24.3 Å². The van der Waals surface area contributed by atoms with E-state index < -0.39 is 0 Å². The van der Waals surface area contributed by atoms with Crippen LogP contribution in [0.5, 0.6) is 0 Å². The largest absolute Gasteiger partial charge is 0.387 e. The molecule has 3 heteroatoms. The first-order valence-corrected chi connectivity index (χ1v) is 7.37. The van der Waals surface area contributed by atoms with Gasteiger partial charge in [0.1, 0.15) is 0 Å². The van der Waals surface area contributed by atoms with Crippen molar-refractivity contribution < 1.29 is 5.11 Å². The Bertz CT molecular complexity index is 448. The van der Waals surface area contributed by atoms with Gasteiger partial charge < -0.3 is 10.0 Å². The fourth-order valence-corrected chi connectivity index (χ4v) is 3.71. The third-order valence-corrected chi connectivity index (χ3v) is 4.76. The average Bonchev–Trinajstić information content (AvgIpc) is 2.41. The zero-order chi connectivity index (χ0) is 13.4. The highest BCUT2D eigenvalue weighted by atomic mass is 16.3. The summed E-state index contributed by atoms with van der Waals surface area (Å²) < 4.78 is 0. The number of aliphatic hydroxyl groups excluding tert-OH is 1. The number of nitrogens with zero attached hydrogens (tertiary/aromatic N) is 2. The van der Waals surface area contributed by atoms with Gasteiger partial charge in [0.25, 0.3) is 0 Å². The SMILES string of the molecule is CC1CN(C)CCN1C1CCc2ccccc2C1O. The first-order valence-electron chi connectivity index (χ1n) is 7.37. The van der Waals surface area contributed by atoms with E-state index in [-0.39, 0.29) is 6.10 Å². The van der Waals surface area contributed by atoms with Gasteiger partial charge in [0.2, 0.25) is 0 Å². The third-order valence-electron chi connectivity index (χ3n) is 4.76. The number of aliphatic hydroxyl groups is 1. The number of aryl methyl sites for hydroxylation is 1. The molecule has 104 valence electrons.